The molecule has 0 spiro atoms. The van der Waals surface area contributed by atoms with Gasteiger partial charge in [0.05, 0.1) is 16.4 Å². The maximum absolute atomic E-state index is 12.9. The highest BCUT2D eigenvalue weighted by molar-refractivity contribution is 6.31. The van der Waals surface area contributed by atoms with Gasteiger partial charge in [0, 0.05) is 63.6 Å². The van der Waals surface area contributed by atoms with Crippen LogP contribution in [0, 0.1) is 13.8 Å². The molecule has 0 aliphatic carbocycles. The van der Waals surface area contributed by atoms with E-state index in [0.717, 1.165) is 31.5 Å². The summed E-state index contributed by atoms with van der Waals surface area (Å²) in [6, 6.07) is 4.76. The van der Waals surface area contributed by atoms with Crippen LogP contribution in [-0.4, -0.2) is 62.4 Å². The van der Waals surface area contributed by atoms with Gasteiger partial charge < -0.3 is 19.6 Å². The summed E-state index contributed by atoms with van der Waals surface area (Å²) in [5.41, 5.74) is 1.88. The number of hydrogen-bond acceptors (Lipinski definition) is 8. The van der Waals surface area contributed by atoms with E-state index in [9.17, 15) is 14.7 Å². The number of anilines is 2. The Morgan fingerprint density at radius 1 is 1.06 bits per heavy atom. The standard InChI is InChI=1S/C25H27ClN6O4/c1-15-12-27-25(28-13-15)30-8-5-17(6-9-30)36-21-11-23(34)32(14-18(21)26)22-4-3-19(16(2)29-22)31-10-7-20(33)24(31)35/h3-4,11-14,17,20,33H,5-10H2,1-2H3/t20-/m0/s1. The number of aliphatic hydroxyl groups is 1. The van der Waals surface area contributed by atoms with Gasteiger partial charge in [-0.2, -0.15) is 0 Å². The first-order valence-corrected chi connectivity index (χ1v) is 12.3. The number of aryl methyl sites for hydroxylation is 2. The van der Waals surface area contributed by atoms with E-state index in [-0.39, 0.29) is 17.6 Å². The van der Waals surface area contributed by atoms with E-state index in [1.54, 1.807) is 31.5 Å². The van der Waals surface area contributed by atoms with Crippen LogP contribution in [0.25, 0.3) is 5.82 Å². The molecule has 2 aliphatic rings. The summed E-state index contributed by atoms with van der Waals surface area (Å²) in [6.07, 6.45) is 5.94. The molecule has 0 bridgehead atoms. The van der Waals surface area contributed by atoms with Crippen LogP contribution in [0.3, 0.4) is 0 Å². The van der Waals surface area contributed by atoms with Crippen molar-refractivity contribution in [2.24, 2.45) is 0 Å². The number of nitrogens with zero attached hydrogens (tertiary/aromatic N) is 6. The number of carbonyl (C=O) groups excluding carboxylic acids is 1. The Morgan fingerprint density at radius 2 is 1.78 bits per heavy atom. The molecule has 2 aliphatic heterocycles. The summed E-state index contributed by atoms with van der Waals surface area (Å²) in [4.78, 5) is 42.0. The van der Waals surface area contributed by atoms with Gasteiger partial charge >= 0.3 is 0 Å². The predicted octanol–water partition coefficient (Wildman–Crippen LogP) is 2.44. The quantitative estimate of drug-likeness (QED) is 0.556. The van der Waals surface area contributed by atoms with Crippen molar-refractivity contribution in [2.75, 3.05) is 29.4 Å². The van der Waals surface area contributed by atoms with Crippen molar-refractivity contribution in [2.45, 2.75) is 45.3 Å². The number of amides is 1. The van der Waals surface area contributed by atoms with Crippen molar-refractivity contribution in [1.82, 2.24) is 19.5 Å². The molecule has 1 amide bonds. The van der Waals surface area contributed by atoms with Crippen molar-refractivity contribution in [1.29, 1.82) is 0 Å². The second-order valence-corrected chi connectivity index (χ2v) is 9.53. The van der Waals surface area contributed by atoms with Crippen LogP contribution >= 0.6 is 11.6 Å². The molecule has 36 heavy (non-hydrogen) atoms. The number of piperidine rings is 1. The zero-order valence-corrected chi connectivity index (χ0v) is 20.9. The van der Waals surface area contributed by atoms with E-state index >= 15 is 0 Å². The van der Waals surface area contributed by atoms with Gasteiger partial charge in [-0.3, -0.25) is 14.2 Å². The Labute approximate surface area is 213 Å². The fraction of sp³-hybridized carbons (Fsp3) is 0.400. The molecule has 1 N–H and O–H groups in total. The molecular formula is C25H27ClN6O4. The van der Waals surface area contributed by atoms with E-state index in [2.05, 4.69) is 19.9 Å². The Bertz CT molecular complexity index is 1340. The minimum absolute atomic E-state index is 0.0764. The smallest absolute Gasteiger partial charge is 0.260 e. The molecule has 5 rings (SSSR count). The van der Waals surface area contributed by atoms with Crippen molar-refractivity contribution in [3.05, 3.63) is 63.4 Å². The minimum Gasteiger partial charge on any atom is -0.488 e. The third-order valence-electron chi connectivity index (χ3n) is 6.51. The SMILES string of the molecule is Cc1cnc(N2CCC(Oc3cc(=O)n(-c4ccc(N5CC[C@H](O)C5=O)c(C)n4)cc3Cl)CC2)nc1. The molecule has 3 aromatic rings. The molecule has 11 heteroatoms. The lowest BCUT2D eigenvalue weighted by atomic mass is 10.1. The van der Waals surface area contributed by atoms with Crippen LogP contribution in [-0.2, 0) is 4.79 Å². The van der Waals surface area contributed by atoms with Crippen molar-refractivity contribution < 1.29 is 14.6 Å². The molecule has 2 saturated heterocycles. The molecule has 1 atom stereocenters. The summed E-state index contributed by atoms with van der Waals surface area (Å²) in [5.74, 6) is 1.09. The van der Waals surface area contributed by atoms with Crippen LogP contribution in [0.4, 0.5) is 11.6 Å². The Balaban J connectivity index is 1.28. The topological polar surface area (TPSA) is 114 Å². The van der Waals surface area contributed by atoms with E-state index in [4.69, 9.17) is 16.3 Å². The largest absolute Gasteiger partial charge is 0.488 e. The number of carbonyl (C=O) groups is 1. The maximum atomic E-state index is 12.9. The van der Waals surface area contributed by atoms with Crippen molar-refractivity contribution in [3.8, 4) is 11.6 Å². The Hall–Kier alpha value is -3.50. The first-order chi connectivity index (χ1) is 17.3. The molecular weight excluding hydrogens is 484 g/mol. The van der Waals surface area contributed by atoms with Crippen LogP contribution in [0.2, 0.25) is 5.02 Å². The second-order valence-electron chi connectivity index (χ2n) is 9.13. The molecule has 0 radical (unpaired) electrons. The van der Waals surface area contributed by atoms with Gasteiger partial charge in [0.25, 0.3) is 11.5 Å². The zero-order chi connectivity index (χ0) is 25.4. The molecule has 3 aromatic heterocycles. The number of halogens is 1. The molecule has 188 valence electrons. The summed E-state index contributed by atoms with van der Waals surface area (Å²) < 4.78 is 7.44. The van der Waals surface area contributed by atoms with Gasteiger partial charge in [0.15, 0.2) is 0 Å². The molecule has 5 heterocycles. The zero-order valence-electron chi connectivity index (χ0n) is 20.1. The number of ether oxygens (including phenoxy) is 1. The molecule has 0 aromatic carbocycles. The van der Waals surface area contributed by atoms with Gasteiger partial charge in [0.2, 0.25) is 5.95 Å². The monoisotopic (exact) mass is 510 g/mol. The van der Waals surface area contributed by atoms with Crippen LogP contribution in [0.1, 0.15) is 30.5 Å². The maximum Gasteiger partial charge on any atom is 0.260 e. The summed E-state index contributed by atoms with van der Waals surface area (Å²) in [6.45, 7) is 5.63. The summed E-state index contributed by atoms with van der Waals surface area (Å²) >= 11 is 6.50. The van der Waals surface area contributed by atoms with E-state index in [0.29, 0.717) is 46.9 Å². The lowest BCUT2D eigenvalue weighted by Gasteiger charge is -2.32. The van der Waals surface area contributed by atoms with Crippen LogP contribution in [0.15, 0.2) is 41.6 Å². The highest BCUT2D eigenvalue weighted by Gasteiger charge is 2.32. The molecule has 10 nitrogen and oxygen atoms in total. The summed E-state index contributed by atoms with van der Waals surface area (Å²) in [5, 5.41) is 10.1. The Morgan fingerprint density at radius 3 is 2.42 bits per heavy atom. The van der Waals surface area contributed by atoms with Gasteiger partial charge in [-0.05, 0) is 31.5 Å². The van der Waals surface area contributed by atoms with Gasteiger partial charge in [0.1, 0.15) is 23.8 Å². The molecule has 2 fully saturated rings. The number of pyridine rings is 2. The number of aromatic nitrogens is 4. The first-order valence-electron chi connectivity index (χ1n) is 11.9. The van der Waals surface area contributed by atoms with Crippen LogP contribution in [0.5, 0.6) is 5.75 Å². The van der Waals surface area contributed by atoms with E-state index in [1.807, 2.05) is 6.92 Å². The normalized spacial score (nSPS) is 18.7. The average molecular weight is 511 g/mol. The number of hydrogen-bond donors (Lipinski definition) is 1. The van der Waals surface area contributed by atoms with Gasteiger partial charge in [-0.15, -0.1) is 0 Å². The third-order valence-corrected chi connectivity index (χ3v) is 6.80. The van der Waals surface area contributed by atoms with Crippen molar-refractivity contribution in [3.63, 3.8) is 0 Å². The lowest BCUT2D eigenvalue weighted by molar-refractivity contribution is -0.124. The third kappa shape index (κ3) is 4.78. The Kier molecular flexibility index (Phi) is 6.63. The fourth-order valence-electron chi connectivity index (χ4n) is 4.53. The van der Waals surface area contributed by atoms with E-state index < -0.39 is 6.10 Å². The van der Waals surface area contributed by atoms with E-state index in [1.165, 1.54) is 21.7 Å². The second kappa shape index (κ2) is 9.87. The predicted molar refractivity (Wildman–Crippen MR) is 135 cm³/mol. The average Bonchev–Trinajstić information content (AvgIpc) is 3.20. The summed E-state index contributed by atoms with van der Waals surface area (Å²) in [7, 11) is 0. The molecule has 0 saturated carbocycles. The minimum atomic E-state index is -0.985. The highest BCUT2D eigenvalue weighted by atomic mass is 35.5. The van der Waals surface area contributed by atoms with Crippen LogP contribution < -0.4 is 20.1 Å². The van der Waals surface area contributed by atoms with Crippen molar-refractivity contribution >= 4 is 29.1 Å². The highest BCUT2D eigenvalue weighted by Crippen LogP contribution is 2.28. The lowest BCUT2D eigenvalue weighted by Crippen LogP contribution is -2.39. The van der Waals surface area contributed by atoms with Gasteiger partial charge in [-0.25, -0.2) is 15.0 Å². The number of rotatable bonds is 5. The number of aliphatic hydroxyl groups excluding tert-OH is 1. The first kappa shape index (κ1) is 24.2. The fourth-order valence-corrected chi connectivity index (χ4v) is 4.72. The van der Waals surface area contributed by atoms with Gasteiger partial charge in [-0.1, -0.05) is 11.6 Å². The molecule has 0 unspecified atom stereocenters.